The third-order valence-corrected chi connectivity index (χ3v) is 5.97. The third-order valence-electron chi connectivity index (χ3n) is 4.97. The number of hydrogen-bond donors (Lipinski definition) is 2. The number of pyridine rings is 1. The van der Waals surface area contributed by atoms with Gasteiger partial charge in [0.05, 0.1) is 22.3 Å². The molecule has 1 saturated heterocycles. The number of rotatable bonds is 6. The average Bonchev–Trinajstić information content (AvgIpc) is 3.09. The van der Waals surface area contributed by atoms with Gasteiger partial charge >= 0.3 is 0 Å². The van der Waals surface area contributed by atoms with Crippen LogP contribution in [0.15, 0.2) is 11.4 Å². The number of aromatic nitrogens is 1. The highest BCUT2D eigenvalue weighted by Gasteiger charge is 2.31. The first-order chi connectivity index (χ1) is 14.1. The molecule has 0 saturated carbocycles. The Bertz CT molecular complexity index is 933. The van der Waals surface area contributed by atoms with Gasteiger partial charge in [-0.25, -0.2) is 13.8 Å². The van der Waals surface area contributed by atoms with E-state index in [2.05, 4.69) is 15.6 Å². The summed E-state index contributed by atoms with van der Waals surface area (Å²) >= 11 is 1.10. The highest BCUT2D eigenvalue weighted by atomic mass is 32.1. The molecule has 7 nitrogen and oxygen atoms in total. The molecule has 3 rings (SSSR count). The molecule has 2 aromatic rings. The van der Waals surface area contributed by atoms with Gasteiger partial charge in [0.2, 0.25) is 5.91 Å². The molecule has 1 aliphatic heterocycles. The molecule has 3 heterocycles. The zero-order valence-corrected chi connectivity index (χ0v) is 18.4. The van der Waals surface area contributed by atoms with E-state index in [1.807, 2.05) is 23.6 Å². The van der Waals surface area contributed by atoms with Gasteiger partial charge < -0.3 is 15.5 Å². The van der Waals surface area contributed by atoms with E-state index in [9.17, 15) is 18.4 Å². The molecule has 2 N–H and O–H groups in total. The van der Waals surface area contributed by atoms with E-state index in [-0.39, 0.29) is 23.4 Å². The predicted molar refractivity (Wildman–Crippen MR) is 115 cm³/mol. The monoisotopic (exact) mass is 439 g/mol. The zero-order valence-electron chi connectivity index (χ0n) is 17.6. The van der Waals surface area contributed by atoms with Gasteiger partial charge in [0.25, 0.3) is 11.8 Å². The maximum atomic E-state index is 14.3. The first kappa shape index (κ1) is 22.4. The number of fused-ring (bicyclic) bond motifs is 1. The van der Waals surface area contributed by atoms with E-state index in [0.717, 1.165) is 18.3 Å². The summed E-state index contributed by atoms with van der Waals surface area (Å²) in [7, 11) is 1.50. The summed E-state index contributed by atoms with van der Waals surface area (Å²) in [4.78, 5) is 32.7. The van der Waals surface area contributed by atoms with Crippen molar-refractivity contribution in [3.05, 3.63) is 22.6 Å². The van der Waals surface area contributed by atoms with Gasteiger partial charge in [-0.3, -0.25) is 14.5 Å². The van der Waals surface area contributed by atoms with Crippen LogP contribution in [0, 0.1) is 0 Å². The van der Waals surface area contributed by atoms with Gasteiger partial charge in [0, 0.05) is 57.1 Å². The number of nitrogens with one attached hydrogen (secondary N) is 2. The third kappa shape index (κ3) is 4.86. The molecule has 0 aromatic carbocycles. The predicted octanol–water partition coefficient (Wildman–Crippen LogP) is 2.41. The number of amides is 2. The first-order valence-corrected chi connectivity index (χ1v) is 10.8. The molecule has 0 spiro atoms. The van der Waals surface area contributed by atoms with Crippen molar-refractivity contribution in [2.75, 3.05) is 44.7 Å². The SMILES string of the molecule is CNC(=O)c1csc2c(C(C)(F)F)cc(N3CCN(CC(=O)NC(C)C)CC3)nc12. The summed E-state index contributed by atoms with van der Waals surface area (Å²) in [6, 6.07) is 1.51. The molecule has 0 radical (unpaired) electrons. The number of carbonyl (C=O) groups excluding carboxylic acids is 2. The number of nitrogens with zero attached hydrogens (tertiary/aromatic N) is 3. The fraction of sp³-hybridized carbons (Fsp3) is 0.550. The van der Waals surface area contributed by atoms with Crippen LogP contribution in [0.5, 0.6) is 0 Å². The first-order valence-electron chi connectivity index (χ1n) is 9.89. The largest absolute Gasteiger partial charge is 0.355 e. The molecule has 0 unspecified atom stereocenters. The van der Waals surface area contributed by atoms with Gasteiger partial charge in [-0.05, 0) is 19.9 Å². The maximum absolute atomic E-state index is 14.3. The topological polar surface area (TPSA) is 77.6 Å². The molecular weight excluding hydrogens is 412 g/mol. The van der Waals surface area contributed by atoms with Gasteiger partial charge in [-0.1, -0.05) is 0 Å². The Hall–Kier alpha value is -2.33. The van der Waals surface area contributed by atoms with Crippen molar-refractivity contribution in [2.45, 2.75) is 32.7 Å². The Kier molecular flexibility index (Phi) is 6.56. The minimum absolute atomic E-state index is 0.0283. The Labute approximate surface area is 178 Å². The normalized spacial score (nSPS) is 15.6. The van der Waals surface area contributed by atoms with Crippen LogP contribution in [-0.4, -0.2) is 67.5 Å². The second kappa shape index (κ2) is 8.81. The number of hydrogen-bond acceptors (Lipinski definition) is 6. The lowest BCUT2D eigenvalue weighted by Gasteiger charge is -2.35. The van der Waals surface area contributed by atoms with Gasteiger partial charge in [0.1, 0.15) is 5.82 Å². The molecular formula is C20H27F2N5O2S. The smallest absolute Gasteiger partial charge is 0.272 e. The van der Waals surface area contributed by atoms with Crippen LogP contribution >= 0.6 is 11.3 Å². The van der Waals surface area contributed by atoms with Crippen molar-refractivity contribution in [1.82, 2.24) is 20.5 Å². The fourth-order valence-corrected chi connectivity index (χ4v) is 4.57. The average molecular weight is 440 g/mol. The fourth-order valence-electron chi connectivity index (χ4n) is 3.48. The van der Waals surface area contributed by atoms with Gasteiger partial charge in [-0.2, -0.15) is 0 Å². The second-order valence-corrected chi connectivity index (χ2v) is 8.69. The number of thiophene rings is 1. The Morgan fingerprint density at radius 1 is 1.27 bits per heavy atom. The minimum Gasteiger partial charge on any atom is -0.355 e. The van der Waals surface area contributed by atoms with E-state index in [1.165, 1.54) is 13.1 Å². The molecule has 10 heteroatoms. The molecule has 1 fully saturated rings. The van der Waals surface area contributed by atoms with Crippen molar-refractivity contribution < 1.29 is 18.4 Å². The van der Waals surface area contributed by atoms with Crippen molar-refractivity contribution in [3.8, 4) is 0 Å². The van der Waals surface area contributed by atoms with Crippen molar-refractivity contribution in [2.24, 2.45) is 0 Å². The van der Waals surface area contributed by atoms with E-state index < -0.39 is 5.92 Å². The number of alkyl halides is 2. The minimum atomic E-state index is -3.06. The standard InChI is InChI=1S/C20H27F2N5O2S/c1-12(2)24-16(28)10-26-5-7-27(8-6-26)15-9-14(20(3,21)22)18-17(25-15)13(11-30-18)19(29)23-4/h9,11-12H,5-8,10H2,1-4H3,(H,23,29)(H,24,28). The summed E-state index contributed by atoms with van der Waals surface area (Å²) in [6.07, 6.45) is 0. The molecule has 0 aliphatic carbocycles. The lowest BCUT2D eigenvalue weighted by molar-refractivity contribution is -0.122. The van der Waals surface area contributed by atoms with Crippen LogP contribution in [0.25, 0.3) is 10.2 Å². The summed E-state index contributed by atoms with van der Waals surface area (Å²) in [5.41, 5.74) is 0.474. The maximum Gasteiger partial charge on any atom is 0.272 e. The molecule has 0 bridgehead atoms. The highest BCUT2D eigenvalue weighted by molar-refractivity contribution is 7.17. The van der Waals surface area contributed by atoms with E-state index in [0.29, 0.717) is 54.3 Å². The molecule has 164 valence electrons. The lowest BCUT2D eigenvalue weighted by Crippen LogP contribution is -2.50. The Balaban J connectivity index is 1.84. The molecule has 0 atom stereocenters. The molecule has 1 aliphatic rings. The molecule has 2 aromatic heterocycles. The van der Waals surface area contributed by atoms with Crippen LogP contribution in [0.1, 0.15) is 36.7 Å². The van der Waals surface area contributed by atoms with E-state index >= 15 is 0 Å². The summed E-state index contributed by atoms with van der Waals surface area (Å²) in [6.45, 7) is 7.35. The van der Waals surface area contributed by atoms with Gasteiger partial charge in [0.15, 0.2) is 0 Å². The highest BCUT2D eigenvalue weighted by Crippen LogP contribution is 2.39. The number of halogens is 2. The van der Waals surface area contributed by atoms with Crippen molar-refractivity contribution in [3.63, 3.8) is 0 Å². The van der Waals surface area contributed by atoms with E-state index in [4.69, 9.17) is 0 Å². The summed E-state index contributed by atoms with van der Waals surface area (Å²) in [5.74, 6) is -3.01. The zero-order chi connectivity index (χ0) is 22.1. The van der Waals surface area contributed by atoms with E-state index in [1.54, 1.807) is 5.38 Å². The number of piperazine rings is 1. The van der Waals surface area contributed by atoms with Crippen LogP contribution in [0.3, 0.4) is 0 Å². The van der Waals surface area contributed by atoms with Crippen molar-refractivity contribution >= 4 is 39.2 Å². The van der Waals surface area contributed by atoms with Crippen molar-refractivity contribution in [1.29, 1.82) is 0 Å². The summed E-state index contributed by atoms with van der Waals surface area (Å²) < 4.78 is 29.0. The second-order valence-electron chi connectivity index (χ2n) is 7.81. The number of carbonyl (C=O) groups is 2. The van der Waals surface area contributed by atoms with Crippen LogP contribution in [0.4, 0.5) is 14.6 Å². The Morgan fingerprint density at radius 2 is 1.93 bits per heavy atom. The van der Waals surface area contributed by atoms with Gasteiger partial charge in [-0.15, -0.1) is 11.3 Å². The van der Waals surface area contributed by atoms with Crippen LogP contribution in [0.2, 0.25) is 0 Å². The van der Waals surface area contributed by atoms with Crippen LogP contribution < -0.4 is 15.5 Å². The quantitative estimate of drug-likeness (QED) is 0.723. The Morgan fingerprint density at radius 3 is 2.50 bits per heavy atom. The lowest BCUT2D eigenvalue weighted by atomic mass is 10.1. The summed E-state index contributed by atoms with van der Waals surface area (Å²) in [5, 5.41) is 6.98. The van der Waals surface area contributed by atoms with Crippen LogP contribution in [-0.2, 0) is 10.7 Å². The molecule has 2 amide bonds. The molecule has 30 heavy (non-hydrogen) atoms. The number of anilines is 1.